The van der Waals surface area contributed by atoms with Gasteiger partial charge in [0.25, 0.3) is 0 Å². The van der Waals surface area contributed by atoms with Gasteiger partial charge in [-0.15, -0.1) is 0 Å². The van der Waals surface area contributed by atoms with E-state index in [1.807, 2.05) is 0 Å². The van der Waals surface area contributed by atoms with Gasteiger partial charge in [0, 0.05) is 41.3 Å². The maximum Gasteiger partial charge on any atom is 0.224 e. The predicted octanol–water partition coefficient (Wildman–Crippen LogP) is 6.29. The van der Waals surface area contributed by atoms with Gasteiger partial charge in [0.15, 0.2) is 0 Å². The summed E-state index contributed by atoms with van der Waals surface area (Å²) in [7, 11) is 3.49. The van der Waals surface area contributed by atoms with Crippen LogP contribution in [0.2, 0.25) is 5.02 Å². The van der Waals surface area contributed by atoms with Crippen LogP contribution in [0.1, 0.15) is 17.5 Å². The van der Waals surface area contributed by atoms with E-state index in [1.165, 1.54) is 18.3 Å². The molecule has 0 saturated carbocycles. The number of anilines is 3. The number of amides is 1. The van der Waals surface area contributed by atoms with Crippen molar-refractivity contribution in [3.8, 4) is 17.6 Å². The van der Waals surface area contributed by atoms with E-state index in [1.54, 1.807) is 64.1 Å². The van der Waals surface area contributed by atoms with Gasteiger partial charge in [0.1, 0.15) is 42.7 Å². The third-order valence-electron chi connectivity index (χ3n) is 6.66. The molecule has 0 spiro atoms. The van der Waals surface area contributed by atoms with Crippen molar-refractivity contribution in [1.29, 1.82) is 5.26 Å². The van der Waals surface area contributed by atoms with Crippen LogP contribution in [0.25, 0.3) is 10.9 Å². The van der Waals surface area contributed by atoms with E-state index in [2.05, 4.69) is 21.7 Å². The Bertz CT molecular complexity index is 1700. The van der Waals surface area contributed by atoms with Gasteiger partial charge in [0.2, 0.25) is 5.91 Å². The van der Waals surface area contributed by atoms with E-state index in [0.717, 1.165) is 11.5 Å². The fraction of sp³-hybridized carbons (Fsp3) is 0.258. The monoisotopic (exact) mass is 654 g/mol. The molecule has 0 radical (unpaired) electrons. The molecule has 1 aliphatic heterocycles. The first-order valence-electron chi connectivity index (χ1n) is 13.6. The van der Waals surface area contributed by atoms with Crippen molar-refractivity contribution in [3.05, 3.63) is 82.8 Å². The molecule has 1 aliphatic rings. The molecule has 9 nitrogen and oxygen atoms in total. The largest absolute Gasteiger partial charge is 0.489 e. The first-order valence-corrected chi connectivity index (χ1v) is 16.5. The molecule has 2 heterocycles. The van der Waals surface area contributed by atoms with Gasteiger partial charge >= 0.3 is 0 Å². The first-order chi connectivity index (χ1) is 21.3. The second kappa shape index (κ2) is 14.8. The Kier molecular flexibility index (Phi) is 10.7. The zero-order valence-electron chi connectivity index (χ0n) is 23.3. The van der Waals surface area contributed by atoms with Crippen molar-refractivity contribution in [2.75, 3.05) is 35.4 Å². The molecule has 1 atom stereocenters. The summed E-state index contributed by atoms with van der Waals surface area (Å²) in [5, 5.41) is 36.0. The van der Waals surface area contributed by atoms with E-state index < -0.39 is 12.7 Å². The number of rotatable bonds is 12. The average Bonchev–Trinajstić information content (AvgIpc) is 3.52. The summed E-state index contributed by atoms with van der Waals surface area (Å²) in [6.07, 6.45) is 0.645. The van der Waals surface area contributed by atoms with E-state index in [0.29, 0.717) is 50.7 Å². The number of ether oxygens (including phenoxy) is 2. The van der Waals surface area contributed by atoms with E-state index in [4.69, 9.17) is 21.1 Å². The second-order valence-corrected chi connectivity index (χ2v) is 13.0. The summed E-state index contributed by atoms with van der Waals surface area (Å²) in [5.41, 5.74) is 2.70. The SMILES string of the molecule is N#Cc1cnc2cc(OC[C@H](O)CO)c(NC(=O)CC3CSSC3)cc2c1Nc1ccc(OCc2cccc(F)c2)c(Cl)c1. The van der Waals surface area contributed by atoms with Crippen molar-refractivity contribution in [3.63, 3.8) is 0 Å². The Labute approximate surface area is 266 Å². The summed E-state index contributed by atoms with van der Waals surface area (Å²) in [4.78, 5) is 17.4. The van der Waals surface area contributed by atoms with Crippen LogP contribution in [0.5, 0.6) is 11.5 Å². The molecular formula is C31H28ClFN4O5S2. The lowest BCUT2D eigenvalue weighted by molar-refractivity contribution is -0.116. The Morgan fingerprint density at radius 1 is 1.16 bits per heavy atom. The van der Waals surface area contributed by atoms with Gasteiger partial charge < -0.3 is 30.3 Å². The van der Waals surface area contributed by atoms with Crippen LogP contribution >= 0.6 is 33.2 Å². The van der Waals surface area contributed by atoms with Crippen molar-refractivity contribution in [2.24, 2.45) is 5.92 Å². The minimum Gasteiger partial charge on any atom is -0.489 e. The quantitative estimate of drug-likeness (QED) is 0.129. The lowest BCUT2D eigenvalue weighted by atomic mass is 10.1. The summed E-state index contributed by atoms with van der Waals surface area (Å²) in [6, 6.07) is 16.6. The minimum absolute atomic E-state index is 0.129. The molecule has 1 saturated heterocycles. The smallest absolute Gasteiger partial charge is 0.224 e. The Morgan fingerprint density at radius 3 is 2.70 bits per heavy atom. The molecule has 0 unspecified atom stereocenters. The lowest BCUT2D eigenvalue weighted by Crippen LogP contribution is -2.22. The van der Waals surface area contributed by atoms with Crippen LogP contribution in [0.15, 0.2) is 60.8 Å². The number of nitrogens with zero attached hydrogens (tertiary/aromatic N) is 2. The lowest BCUT2D eigenvalue weighted by Gasteiger charge is -2.18. The number of carbonyl (C=O) groups excluding carboxylic acids is 1. The highest BCUT2D eigenvalue weighted by Crippen LogP contribution is 2.39. The summed E-state index contributed by atoms with van der Waals surface area (Å²) < 4.78 is 25.1. The second-order valence-electron chi connectivity index (χ2n) is 10.0. The van der Waals surface area contributed by atoms with Gasteiger partial charge in [0.05, 0.1) is 34.1 Å². The topological polar surface area (TPSA) is 137 Å². The number of benzene rings is 3. The molecule has 1 fully saturated rings. The molecular weight excluding hydrogens is 627 g/mol. The molecule has 1 aromatic heterocycles. The molecule has 0 aliphatic carbocycles. The van der Waals surface area contributed by atoms with E-state index >= 15 is 0 Å². The van der Waals surface area contributed by atoms with Gasteiger partial charge in [-0.05, 0) is 47.9 Å². The van der Waals surface area contributed by atoms with Gasteiger partial charge in [-0.1, -0.05) is 45.3 Å². The molecule has 3 aromatic carbocycles. The number of nitrogens with one attached hydrogen (secondary N) is 2. The highest BCUT2D eigenvalue weighted by atomic mass is 35.5. The van der Waals surface area contributed by atoms with Crippen LogP contribution < -0.4 is 20.1 Å². The van der Waals surface area contributed by atoms with Crippen molar-refractivity contribution in [1.82, 2.24) is 4.98 Å². The maximum absolute atomic E-state index is 13.5. The van der Waals surface area contributed by atoms with Crippen LogP contribution in [0, 0.1) is 23.1 Å². The standard InChI is InChI=1S/C31H28ClFN4O5S2/c32-25-8-22(4-5-28(25)41-14-18-2-1-3-21(33)6-18)36-31-20(11-34)12-35-26-10-29(42-15-23(39)13-38)27(9-24(26)31)37-30(40)7-19-16-43-44-17-19/h1-6,8-10,12,19,23,38-39H,7,13-17H2,(H,35,36)(H,37,40)/t23-/m1/s1. The van der Waals surface area contributed by atoms with Crippen molar-refractivity contribution < 1.29 is 28.9 Å². The summed E-state index contributed by atoms with van der Waals surface area (Å²) in [5.74, 6) is 2.15. The number of aromatic nitrogens is 1. The van der Waals surface area contributed by atoms with Crippen molar-refractivity contribution in [2.45, 2.75) is 19.1 Å². The molecule has 44 heavy (non-hydrogen) atoms. The average molecular weight is 655 g/mol. The van der Waals surface area contributed by atoms with Crippen LogP contribution in [-0.2, 0) is 11.4 Å². The highest BCUT2D eigenvalue weighted by molar-refractivity contribution is 8.77. The number of nitriles is 1. The maximum atomic E-state index is 13.5. The normalized spacial score (nSPS) is 13.8. The molecule has 4 aromatic rings. The third-order valence-corrected chi connectivity index (χ3v) is 9.65. The fourth-order valence-electron chi connectivity index (χ4n) is 4.44. The number of carbonyl (C=O) groups is 1. The van der Waals surface area contributed by atoms with E-state index in [-0.39, 0.29) is 42.2 Å². The molecule has 1 amide bonds. The molecule has 0 bridgehead atoms. The number of hydrogen-bond acceptors (Lipinski definition) is 10. The number of pyridine rings is 1. The molecule has 13 heteroatoms. The predicted molar refractivity (Wildman–Crippen MR) is 172 cm³/mol. The van der Waals surface area contributed by atoms with Crippen LogP contribution in [0.3, 0.4) is 0 Å². The number of hydrogen-bond donors (Lipinski definition) is 4. The summed E-state index contributed by atoms with van der Waals surface area (Å²) in [6.45, 7) is -0.555. The summed E-state index contributed by atoms with van der Waals surface area (Å²) >= 11 is 6.51. The number of halogens is 2. The molecule has 228 valence electrons. The van der Waals surface area contributed by atoms with Crippen LogP contribution in [-0.4, -0.2) is 51.9 Å². The van der Waals surface area contributed by atoms with E-state index in [9.17, 15) is 24.7 Å². The molecule has 5 rings (SSSR count). The van der Waals surface area contributed by atoms with Crippen molar-refractivity contribution >= 4 is 67.1 Å². The molecule has 4 N–H and O–H groups in total. The van der Waals surface area contributed by atoms with Gasteiger partial charge in [-0.3, -0.25) is 9.78 Å². The Hall–Kier alpha value is -3.73. The highest BCUT2D eigenvalue weighted by Gasteiger charge is 2.22. The van der Waals surface area contributed by atoms with Gasteiger partial charge in [-0.2, -0.15) is 5.26 Å². The first kappa shape index (κ1) is 31.7. The van der Waals surface area contributed by atoms with Gasteiger partial charge in [-0.25, -0.2) is 4.39 Å². The number of aliphatic hydroxyl groups is 2. The third kappa shape index (κ3) is 8.05. The van der Waals surface area contributed by atoms with Crippen LogP contribution in [0.4, 0.5) is 21.5 Å². The number of aliphatic hydroxyl groups excluding tert-OH is 2. The zero-order chi connectivity index (χ0) is 31.1. The Balaban J connectivity index is 1.43. The number of fused-ring (bicyclic) bond motifs is 1. The zero-order valence-corrected chi connectivity index (χ0v) is 25.6. The fourth-order valence-corrected chi connectivity index (χ4v) is 7.61. The Morgan fingerprint density at radius 2 is 1.98 bits per heavy atom. The minimum atomic E-state index is -1.11.